The molecule has 0 aromatic heterocycles. The van der Waals surface area contributed by atoms with Gasteiger partial charge in [-0.05, 0) is 46.1 Å². The van der Waals surface area contributed by atoms with Crippen LogP contribution < -0.4 is 0 Å². The molecular formula is C16H15BrFNO. The van der Waals surface area contributed by atoms with Gasteiger partial charge < -0.3 is 4.90 Å². The van der Waals surface area contributed by atoms with Crippen LogP contribution >= 0.6 is 15.9 Å². The van der Waals surface area contributed by atoms with Crippen molar-refractivity contribution in [2.45, 2.75) is 6.42 Å². The molecule has 0 aliphatic carbocycles. The molecular weight excluding hydrogens is 321 g/mol. The summed E-state index contributed by atoms with van der Waals surface area (Å²) in [5, 5.41) is 0. The maximum Gasteiger partial charge on any atom is 0.253 e. The number of rotatable bonds is 4. The van der Waals surface area contributed by atoms with Crippen LogP contribution in [0.3, 0.4) is 0 Å². The fourth-order valence-electron chi connectivity index (χ4n) is 1.89. The van der Waals surface area contributed by atoms with Gasteiger partial charge in [0.1, 0.15) is 5.82 Å². The fourth-order valence-corrected chi connectivity index (χ4v) is 2.27. The number of likely N-dealkylation sites (N-methyl/N-ethyl adjacent to an activating group) is 1. The lowest BCUT2D eigenvalue weighted by Gasteiger charge is -2.17. The van der Waals surface area contributed by atoms with E-state index in [0.29, 0.717) is 16.6 Å². The summed E-state index contributed by atoms with van der Waals surface area (Å²) in [4.78, 5) is 13.9. The number of carbonyl (C=O) groups excluding carboxylic acids is 1. The van der Waals surface area contributed by atoms with E-state index in [2.05, 4.69) is 15.9 Å². The lowest BCUT2D eigenvalue weighted by molar-refractivity contribution is 0.0796. The number of benzene rings is 2. The predicted molar refractivity (Wildman–Crippen MR) is 81.2 cm³/mol. The van der Waals surface area contributed by atoms with E-state index in [-0.39, 0.29) is 11.7 Å². The molecule has 0 aliphatic heterocycles. The van der Waals surface area contributed by atoms with Gasteiger partial charge in [-0.3, -0.25) is 4.79 Å². The summed E-state index contributed by atoms with van der Waals surface area (Å²) in [6.07, 6.45) is 0.797. The Bertz CT molecular complexity index is 601. The summed E-state index contributed by atoms with van der Waals surface area (Å²) in [5.41, 5.74) is 1.67. The molecule has 2 aromatic carbocycles. The average molecular weight is 336 g/mol. The highest BCUT2D eigenvalue weighted by Gasteiger charge is 2.13. The van der Waals surface area contributed by atoms with Gasteiger partial charge in [0.25, 0.3) is 5.91 Å². The fraction of sp³-hybridized carbons (Fsp3) is 0.188. The molecule has 4 heteroatoms. The van der Waals surface area contributed by atoms with Crippen LogP contribution in [0, 0.1) is 5.82 Å². The van der Waals surface area contributed by atoms with E-state index in [1.54, 1.807) is 11.9 Å². The smallest absolute Gasteiger partial charge is 0.253 e. The summed E-state index contributed by atoms with van der Waals surface area (Å²) in [5.74, 6) is -0.477. The molecule has 0 atom stereocenters. The predicted octanol–water partition coefficient (Wildman–Crippen LogP) is 3.90. The summed E-state index contributed by atoms with van der Waals surface area (Å²) in [7, 11) is 1.75. The van der Waals surface area contributed by atoms with Crippen molar-refractivity contribution in [3.8, 4) is 0 Å². The van der Waals surface area contributed by atoms with Crippen molar-refractivity contribution in [1.82, 2.24) is 4.90 Å². The number of carbonyl (C=O) groups is 1. The molecule has 104 valence electrons. The highest BCUT2D eigenvalue weighted by molar-refractivity contribution is 9.10. The molecule has 0 fully saturated rings. The SMILES string of the molecule is CN(CCc1ccccc1)C(=O)c1ccc(F)c(Br)c1. The number of halogens is 2. The maximum absolute atomic E-state index is 13.2. The molecule has 0 unspecified atom stereocenters. The maximum atomic E-state index is 13.2. The molecule has 20 heavy (non-hydrogen) atoms. The van der Waals surface area contributed by atoms with Gasteiger partial charge in [0, 0.05) is 19.2 Å². The minimum atomic E-state index is -0.367. The van der Waals surface area contributed by atoms with Gasteiger partial charge in [-0.25, -0.2) is 4.39 Å². The molecule has 0 aliphatic rings. The molecule has 0 saturated heterocycles. The first-order valence-electron chi connectivity index (χ1n) is 6.32. The van der Waals surface area contributed by atoms with E-state index in [1.807, 2.05) is 30.3 Å². The van der Waals surface area contributed by atoms with E-state index >= 15 is 0 Å². The third-order valence-corrected chi connectivity index (χ3v) is 3.70. The van der Waals surface area contributed by atoms with Crippen LogP contribution in [0.1, 0.15) is 15.9 Å². The zero-order valence-corrected chi connectivity index (χ0v) is 12.7. The molecule has 0 bridgehead atoms. The largest absolute Gasteiger partial charge is 0.341 e. The van der Waals surface area contributed by atoms with Crippen LogP contribution in [-0.4, -0.2) is 24.4 Å². The average Bonchev–Trinajstić information content (AvgIpc) is 2.48. The monoisotopic (exact) mass is 335 g/mol. The molecule has 2 rings (SSSR count). The number of hydrogen-bond donors (Lipinski definition) is 0. The normalized spacial score (nSPS) is 10.3. The second-order valence-corrected chi connectivity index (χ2v) is 5.45. The quantitative estimate of drug-likeness (QED) is 0.829. The van der Waals surface area contributed by atoms with Gasteiger partial charge in [-0.2, -0.15) is 0 Å². The highest BCUT2D eigenvalue weighted by atomic mass is 79.9. The third-order valence-electron chi connectivity index (χ3n) is 3.09. The van der Waals surface area contributed by atoms with Crippen molar-refractivity contribution in [1.29, 1.82) is 0 Å². The Hall–Kier alpha value is -1.68. The van der Waals surface area contributed by atoms with Gasteiger partial charge >= 0.3 is 0 Å². The summed E-state index contributed by atoms with van der Waals surface area (Å²) in [6, 6.07) is 14.3. The molecule has 0 saturated carbocycles. The molecule has 0 heterocycles. The second-order valence-electron chi connectivity index (χ2n) is 4.59. The van der Waals surface area contributed by atoms with Gasteiger partial charge in [-0.15, -0.1) is 0 Å². The van der Waals surface area contributed by atoms with E-state index in [9.17, 15) is 9.18 Å². The first-order valence-corrected chi connectivity index (χ1v) is 7.11. The van der Waals surface area contributed by atoms with Gasteiger partial charge in [-0.1, -0.05) is 30.3 Å². The lowest BCUT2D eigenvalue weighted by atomic mass is 10.1. The first kappa shape index (κ1) is 14.7. The lowest BCUT2D eigenvalue weighted by Crippen LogP contribution is -2.28. The van der Waals surface area contributed by atoms with Gasteiger partial charge in [0.2, 0.25) is 0 Å². The Kier molecular flexibility index (Phi) is 4.90. The van der Waals surface area contributed by atoms with Crippen LogP contribution in [0.5, 0.6) is 0 Å². The van der Waals surface area contributed by atoms with E-state index in [1.165, 1.54) is 23.8 Å². The van der Waals surface area contributed by atoms with E-state index in [4.69, 9.17) is 0 Å². The van der Waals surface area contributed by atoms with Gasteiger partial charge in [0.15, 0.2) is 0 Å². The van der Waals surface area contributed by atoms with Crippen molar-refractivity contribution >= 4 is 21.8 Å². The summed E-state index contributed by atoms with van der Waals surface area (Å²) >= 11 is 3.09. The Morgan fingerprint density at radius 1 is 1.20 bits per heavy atom. The number of amides is 1. The van der Waals surface area contributed by atoms with E-state index < -0.39 is 0 Å². The molecule has 0 N–H and O–H groups in total. The topological polar surface area (TPSA) is 20.3 Å². The van der Waals surface area contributed by atoms with Crippen molar-refractivity contribution in [3.05, 3.63) is 69.9 Å². The Balaban J connectivity index is 1.99. The van der Waals surface area contributed by atoms with Crippen LogP contribution in [-0.2, 0) is 6.42 Å². The highest BCUT2D eigenvalue weighted by Crippen LogP contribution is 2.17. The third kappa shape index (κ3) is 3.67. The molecule has 1 amide bonds. The Labute approximate surface area is 126 Å². The second kappa shape index (κ2) is 6.66. The standard InChI is InChI=1S/C16H15BrFNO/c1-19(10-9-12-5-3-2-4-6-12)16(20)13-7-8-15(18)14(17)11-13/h2-8,11H,9-10H2,1H3. The van der Waals surface area contributed by atoms with Crippen LogP contribution in [0.2, 0.25) is 0 Å². The van der Waals surface area contributed by atoms with Gasteiger partial charge in [0.05, 0.1) is 4.47 Å². The zero-order valence-electron chi connectivity index (χ0n) is 11.1. The number of nitrogens with zero attached hydrogens (tertiary/aromatic N) is 1. The summed E-state index contributed by atoms with van der Waals surface area (Å²) < 4.78 is 13.5. The van der Waals surface area contributed by atoms with Crippen LogP contribution in [0.4, 0.5) is 4.39 Å². The van der Waals surface area contributed by atoms with Crippen LogP contribution in [0.15, 0.2) is 53.0 Å². The Morgan fingerprint density at radius 3 is 2.55 bits per heavy atom. The van der Waals surface area contributed by atoms with E-state index in [0.717, 1.165) is 6.42 Å². The minimum Gasteiger partial charge on any atom is -0.341 e. The molecule has 0 spiro atoms. The minimum absolute atomic E-state index is 0.110. The van der Waals surface area contributed by atoms with Crippen molar-refractivity contribution in [2.75, 3.05) is 13.6 Å². The Morgan fingerprint density at radius 2 is 1.90 bits per heavy atom. The molecule has 2 aromatic rings. The van der Waals surface area contributed by atoms with Crippen molar-refractivity contribution < 1.29 is 9.18 Å². The first-order chi connectivity index (χ1) is 9.58. The molecule has 2 nitrogen and oxygen atoms in total. The summed E-state index contributed by atoms with van der Waals surface area (Å²) in [6.45, 7) is 0.623. The zero-order chi connectivity index (χ0) is 14.5. The number of hydrogen-bond acceptors (Lipinski definition) is 1. The van der Waals surface area contributed by atoms with Crippen molar-refractivity contribution in [2.24, 2.45) is 0 Å². The molecule has 0 radical (unpaired) electrons. The van der Waals surface area contributed by atoms with Crippen molar-refractivity contribution in [3.63, 3.8) is 0 Å². The van der Waals surface area contributed by atoms with Crippen LogP contribution in [0.25, 0.3) is 0 Å².